The molecule has 4 heterocycles. The van der Waals surface area contributed by atoms with Crippen LogP contribution in [0.15, 0.2) is 199 Å². The average Bonchev–Trinajstić information content (AvgIpc) is 4.01. The number of fused-ring (bicyclic) bond motifs is 13. The predicted molar refractivity (Wildman–Crippen MR) is 263 cm³/mol. The lowest BCUT2D eigenvalue weighted by Crippen LogP contribution is -2.01. The number of furan rings is 1. The van der Waals surface area contributed by atoms with Gasteiger partial charge in [-0.3, -0.25) is 0 Å². The predicted octanol–water partition coefficient (Wildman–Crippen LogP) is 15.7. The molecule has 10 aromatic carbocycles. The average molecular weight is 821 g/mol. The lowest BCUT2D eigenvalue weighted by Gasteiger charge is -2.14. The van der Waals surface area contributed by atoms with Gasteiger partial charge in [-0.25, -0.2) is 15.0 Å². The van der Waals surface area contributed by atoms with Crippen LogP contribution in [0, 0.1) is 0 Å². The molecule has 0 saturated carbocycles. The van der Waals surface area contributed by atoms with Crippen LogP contribution in [0.5, 0.6) is 0 Å². The maximum absolute atomic E-state index is 6.72. The molecular weight excluding hydrogens is 789 g/mol. The van der Waals surface area contributed by atoms with E-state index in [1.54, 1.807) is 11.3 Å². The van der Waals surface area contributed by atoms with Gasteiger partial charge < -0.3 is 8.98 Å². The molecule has 0 spiro atoms. The smallest absolute Gasteiger partial charge is 0.164 e. The Labute approximate surface area is 363 Å². The van der Waals surface area contributed by atoms with Crippen LogP contribution in [0.1, 0.15) is 0 Å². The first-order chi connectivity index (χ1) is 31.2. The highest BCUT2D eigenvalue weighted by atomic mass is 32.1. The van der Waals surface area contributed by atoms with Crippen molar-refractivity contribution in [3.8, 4) is 39.9 Å². The van der Waals surface area contributed by atoms with Crippen molar-refractivity contribution < 1.29 is 4.42 Å². The Bertz CT molecular complexity index is 4230. The summed E-state index contributed by atoms with van der Waals surface area (Å²) in [5, 5.41) is 13.8. The summed E-state index contributed by atoms with van der Waals surface area (Å²) in [7, 11) is 0. The van der Waals surface area contributed by atoms with Gasteiger partial charge in [0.1, 0.15) is 11.2 Å². The number of para-hydroxylation sites is 2. The van der Waals surface area contributed by atoms with Gasteiger partial charge >= 0.3 is 0 Å². The van der Waals surface area contributed by atoms with Gasteiger partial charge in [-0.2, -0.15) is 0 Å². The lowest BCUT2D eigenvalue weighted by molar-refractivity contribution is 0.669. The highest BCUT2D eigenvalue weighted by Gasteiger charge is 2.21. The van der Waals surface area contributed by atoms with Gasteiger partial charge in [-0.05, 0) is 105 Å². The Morgan fingerprint density at radius 1 is 0.365 bits per heavy atom. The zero-order valence-electron chi connectivity index (χ0n) is 33.6. The first-order valence-electron chi connectivity index (χ1n) is 21.2. The van der Waals surface area contributed by atoms with Crippen molar-refractivity contribution in [2.24, 2.45) is 0 Å². The molecule has 0 aliphatic rings. The van der Waals surface area contributed by atoms with Crippen molar-refractivity contribution in [3.05, 3.63) is 194 Å². The molecule has 0 aliphatic carbocycles. The minimum absolute atomic E-state index is 0.585. The number of nitrogens with zero attached hydrogens (tertiary/aromatic N) is 4. The molecule has 0 saturated heterocycles. The Kier molecular flexibility index (Phi) is 7.21. The lowest BCUT2D eigenvalue weighted by atomic mass is 9.97. The number of hydrogen-bond acceptors (Lipinski definition) is 5. The van der Waals surface area contributed by atoms with E-state index < -0.39 is 0 Å². The van der Waals surface area contributed by atoms with E-state index in [9.17, 15) is 0 Å². The summed E-state index contributed by atoms with van der Waals surface area (Å²) in [5.41, 5.74) is 7.75. The maximum Gasteiger partial charge on any atom is 0.164 e. The zero-order valence-corrected chi connectivity index (χ0v) is 34.4. The van der Waals surface area contributed by atoms with Crippen LogP contribution in [-0.2, 0) is 0 Å². The molecule has 14 aromatic rings. The quantitative estimate of drug-likeness (QED) is 0.177. The highest BCUT2D eigenvalue weighted by molar-refractivity contribution is 7.25. The number of rotatable bonds is 4. The highest BCUT2D eigenvalue weighted by Crippen LogP contribution is 2.43. The maximum atomic E-state index is 6.72. The molecular formula is C57H32N4OS. The van der Waals surface area contributed by atoms with Crippen LogP contribution in [0.2, 0.25) is 0 Å². The molecule has 6 heteroatoms. The second-order valence-corrected chi connectivity index (χ2v) is 17.5. The minimum Gasteiger partial charge on any atom is -0.456 e. The standard InChI is InChI=1S/C57H32N4OS/c1-2-12-34-27-37(22-21-33(34)11-1)55-58-56(38-23-26-53-45(29-38)42-16-7-10-20-52(42)63-53)60-57(59-55)47-32-51-54(43-17-6-9-19-50(43)62-51)46-31-39(24-25-40(46)47)61-48-18-8-5-15-41(48)44-28-35-13-3-4-14-36(35)30-49(44)61/h1-32H. The zero-order chi connectivity index (χ0) is 41.2. The number of thiophene rings is 1. The molecule has 4 aromatic heterocycles. The Hall–Kier alpha value is -8.19. The minimum atomic E-state index is 0.585. The van der Waals surface area contributed by atoms with Crippen LogP contribution >= 0.6 is 11.3 Å². The topological polar surface area (TPSA) is 56.7 Å². The van der Waals surface area contributed by atoms with Crippen molar-refractivity contribution in [2.45, 2.75) is 0 Å². The van der Waals surface area contributed by atoms with Crippen LogP contribution < -0.4 is 0 Å². The molecule has 0 bridgehead atoms. The van der Waals surface area contributed by atoms with Gasteiger partial charge in [-0.15, -0.1) is 11.3 Å². The molecule has 0 atom stereocenters. The summed E-state index contributed by atoms with van der Waals surface area (Å²) in [6.07, 6.45) is 0. The Balaban J connectivity index is 1.05. The van der Waals surface area contributed by atoms with E-state index in [2.05, 4.69) is 187 Å². The fraction of sp³-hybridized carbons (Fsp3) is 0. The van der Waals surface area contributed by atoms with E-state index in [1.165, 1.54) is 47.1 Å². The molecule has 63 heavy (non-hydrogen) atoms. The van der Waals surface area contributed by atoms with E-state index in [1.807, 2.05) is 12.1 Å². The van der Waals surface area contributed by atoms with Gasteiger partial charge in [0.25, 0.3) is 0 Å². The van der Waals surface area contributed by atoms with E-state index >= 15 is 0 Å². The van der Waals surface area contributed by atoms with Crippen LogP contribution in [0.25, 0.3) is 136 Å². The van der Waals surface area contributed by atoms with Crippen LogP contribution in [-0.4, -0.2) is 19.5 Å². The molecule has 0 radical (unpaired) electrons. The van der Waals surface area contributed by atoms with E-state index in [0.29, 0.717) is 17.5 Å². The fourth-order valence-corrected chi connectivity index (χ4v) is 10.9. The van der Waals surface area contributed by atoms with Crippen molar-refractivity contribution in [2.75, 3.05) is 0 Å². The third kappa shape index (κ3) is 5.25. The third-order valence-corrected chi connectivity index (χ3v) is 13.9. The van der Waals surface area contributed by atoms with Crippen molar-refractivity contribution in [3.63, 3.8) is 0 Å². The number of hydrogen-bond donors (Lipinski definition) is 0. The molecule has 5 nitrogen and oxygen atoms in total. The first-order valence-corrected chi connectivity index (χ1v) is 22.0. The summed E-state index contributed by atoms with van der Waals surface area (Å²) >= 11 is 1.81. The Morgan fingerprint density at radius 2 is 1.02 bits per heavy atom. The van der Waals surface area contributed by atoms with Gasteiger partial charge in [-0.1, -0.05) is 121 Å². The summed E-state index contributed by atoms with van der Waals surface area (Å²) in [6.45, 7) is 0. The fourth-order valence-electron chi connectivity index (χ4n) is 9.83. The van der Waals surface area contributed by atoms with Crippen LogP contribution in [0.4, 0.5) is 0 Å². The molecule has 14 rings (SSSR count). The normalized spacial score (nSPS) is 12.1. The second kappa shape index (κ2) is 13.2. The first kappa shape index (κ1) is 34.5. The third-order valence-electron chi connectivity index (χ3n) is 12.8. The SMILES string of the molecule is c1ccc2cc(-c3nc(-c4ccc5sc6ccccc6c5c4)nc(-c4cc5oc6ccccc6c5c5cc(-n6c7ccccc7c7cc8ccccc8cc76)ccc45)n3)ccc2c1. The molecule has 0 aliphatic heterocycles. The molecule has 0 fully saturated rings. The van der Waals surface area contributed by atoms with Crippen LogP contribution in [0.3, 0.4) is 0 Å². The summed E-state index contributed by atoms with van der Waals surface area (Å²) < 4.78 is 11.6. The van der Waals surface area contributed by atoms with Crippen molar-refractivity contribution in [1.82, 2.24) is 19.5 Å². The summed E-state index contributed by atoms with van der Waals surface area (Å²) in [5.74, 6) is 1.82. The summed E-state index contributed by atoms with van der Waals surface area (Å²) in [4.78, 5) is 15.9. The monoisotopic (exact) mass is 820 g/mol. The largest absolute Gasteiger partial charge is 0.456 e. The second-order valence-electron chi connectivity index (χ2n) is 16.4. The van der Waals surface area contributed by atoms with Gasteiger partial charge in [0.2, 0.25) is 0 Å². The van der Waals surface area contributed by atoms with Crippen molar-refractivity contribution >= 4 is 108 Å². The number of benzene rings is 10. The van der Waals surface area contributed by atoms with E-state index in [0.717, 1.165) is 71.5 Å². The van der Waals surface area contributed by atoms with E-state index in [4.69, 9.17) is 19.4 Å². The molecule has 292 valence electrons. The van der Waals surface area contributed by atoms with Gasteiger partial charge in [0, 0.05) is 64.1 Å². The molecule has 0 unspecified atom stereocenters. The van der Waals surface area contributed by atoms with Gasteiger partial charge in [0.15, 0.2) is 17.5 Å². The van der Waals surface area contributed by atoms with Gasteiger partial charge in [0.05, 0.1) is 11.0 Å². The molecule has 0 N–H and O–H groups in total. The summed E-state index contributed by atoms with van der Waals surface area (Å²) in [6, 6.07) is 69.2. The van der Waals surface area contributed by atoms with E-state index in [-0.39, 0.29) is 0 Å². The van der Waals surface area contributed by atoms with Crippen molar-refractivity contribution in [1.29, 1.82) is 0 Å². The Morgan fingerprint density at radius 3 is 1.87 bits per heavy atom. The number of aromatic nitrogens is 4. The molecule has 0 amide bonds.